The summed E-state index contributed by atoms with van der Waals surface area (Å²) in [6.45, 7) is 5.91. The minimum Gasteiger partial charge on any atom is -0.302 e. The largest absolute Gasteiger partial charge is 0.302 e. The third kappa shape index (κ3) is 1.01. The fourth-order valence-electron chi connectivity index (χ4n) is 1.29. The van der Waals surface area contributed by atoms with Crippen LogP contribution in [0.4, 0.5) is 0 Å². The molecule has 2 heterocycles. The topological polar surface area (TPSA) is 15.6 Å². The first kappa shape index (κ1) is 7.10. The van der Waals surface area contributed by atoms with E-state index in [-0.39, 0.29) is 0 Å². The van der Waals surface area contributed by atoms with Gasteiger partial charge in [0.25, 0.3) is 0 Å². The van der Waals surface area contributed by atoms with E-state index in [9.17, 15) is 0 Å². The molecule has 0 aliphatic carbocycles. The second-order valence-electron chi connectivity index (χ2n) is 2.82. The van der Waals surface area contributed by atoms with Gasteiger partial charge in [0.1, 0.15) is 5.84 Å². The van der Waals surface area contributed by atoms with Gasteiger partial charge in [-0.1, -0.05) is 12.7 Å². The van der Waals surface area contributed by atoms with Gasteiger partial charge in [0, 0.05) is 17.6 Å². The van der Waals surface area contributed by atoms with Gasteiger partial charge in [-0.25, -0.2) is 4.99 Å². The van der Waals surface area contributed by atoms with Crippen molar-refractivity contribution >= 4 is 5.84 Å². The highest BCUT2D eigenvalue weighted by atomic mass is 15.2. The highest BCUT2D eigenvalue weighted by Gasteiger charge is 2.14. The fourth-order valence-corrected chi connectivity index (χ4v) is 1.29. The second-order valence-corrected chi connectivity index (χ2v) is 2.82. The zero-order valence-electron chi connectivity index (χ0n) is 6.99. The van der Waals surface area contributed by atoms with Crippen LogP contribution in [0, 0.1) is 0 Å². The Kier molecular flexibility index (Phi) is 1.47. The molecule has 0 aromatic heterocycles. The van der Waals surface area contributed by atoms with Crippen LogP contribution >= 0.6 is 0 Å². The van der Waals surface area contributed by atoms with E-state index in [0.717, 1.165) is 17.2 Å². The summed E-state index contributed by atoms with van der Waals surface area (Å²) >= 11 is 0. The van der Waals surface area contributed by atoms with Gasteiger partial charge in [-0.05, 0) is 25.2 Å². The number of rotatable bonds is 0. The van der Waals surface area contributed by atoms with Gasteiger partial charge in [-0.3, -0.25) is 0 Å². The molecule has 0 unspecified atom stereocenters. The number of allylic oxidation sites excluding steroid dienone is 4. The van der Waals surface area contributed by atoms with Crippen LogP contribution in [-0.4, -0.2) is 10.7 Å². The molecule has 2 aliphatic heterocycles. The average molecular weight is 158 g/mol. The lowest BCUT2D eigenvalue weighted by Crippen LogP contribution is -2.26. The summed E-state index contributed by atoms with van der Waals surface area (Å²) in [6, 6.07) is 0. The smallest absolute Gasteiger partial charge is 0.137 e. The van der Waals surface area contributed by atoms with Gasteiger partial charge < -0.3 is 4.90 Å². The molecule has 0 fully saturated rings. The van der Waals surface area contributed by atoms with E-state index < -0.39 is 0 Å². The van der Waals surface area contributed by atoms with Crippen molar-refractivity contribution in [2.24, 2.45) is 4.99 Å². The molecule has 0 amide bonds. The lowest BCUT2D eigenvalue weighted by atomic mass is 10.2. The van der Waals surface area contributed by atoms with Crippen molar-refractivity contribution in [3.63, 3.8) is 0 Å². The Hall–Kier alpha value is -1.57. The minimum absolute atomic E-state index is 0.947. The van der Waals surface area contributed by atoms with Gasteiger partial charge in [0.05, 0.1) is 0 Å². The molecule has 0 saturated carbocycles. The van der Waals surface area contributed by atoms with E-state index in [1.54, 1.807) is 0 Å². The highest BCUT2D eigenvalue weighted by Crippen LogP contribution is 2.18. The van der Waals surface area contributed by atoms with Crippen molar-refractivity contribution < 1.29 is 0 Å². The summed E-state index contributed by atoms with van der Waals surface area (Å²) in [6.07, 6.45) is 9.85. The Labute approximate surface area is 71.9 Å². The van der Waals surface area contributed by atoms with E-state index in [4.69, 9.17) is 0 Å². The summed E-state index contributed by atoms with van der Waals surface area (Å²) in [7, 11) is 0. The van der Waals surface area contributed by atoms with Crippen molar-refractivity contribution in [3.05, 3.63) is 48.5 Å². The number of nitrogens with zero attached hydrogens (tertiary/aromatic N) is 2. The zero-order chi connectivity index (χ0) is 8.55. The third-order valence-corrected chi connectivity index (χ3v) is 1.81. The molecule has 12 heavy (non-hydrogen) atoms. The highest BCUT2D eigenvalue weighted by molar-refractivity contribution is 5.97. The molecule has 60 valence electrons. The Morgan fingerprint density at radius 2 is 2.25 bits per heavy atom. The predicted octanol–water partition coefficient (Wildman–Crippen LogP) is 2.20. The molecule has 0 N–H and O–H groups in total. The number of amidine groups is 1. The zero-order valence-corrected chi connectivity index (χ0v) is 6.99. The van der Waals surface area contributed by atoms with Crippen LogP contribution in [-0.2, 0) is 0 Å². The van der Waals surface area contributed by atoms with E-state index in [1.165, 1.54) is 0 Å². The first-order valence-electron chi connectivity index (χ1n) is 3.87. The van der Waals surface area contributed by atoms with Crippen molar-refractivity contribution in [2.45, 2.75) is 6.92 Å². The summed E-state index contributed by atoms with van der Waals surface area (Å²) in [4.78, 5) is 6.32. The molecule has 2 rings (SSSR count). The second kappa shape index (κ2) is 2.48. The fraction of sp³-hybridized carbons (Fsp3) is 0.100. The molecule has 0 spiro atoms. The van der Waals surface area contributed by atoms with Crippen LogP contribution in [0.15, 0.2) is 53.5 Å². The Morgan fingerprint density at radius 3 is 3.08 bits per heavy atom. The van der Waals surface area contributed by atoms with E-state index in [1.807, 2.05) is 42.3 Å². The number of hydrogen-bond acceptors (Lipinski definition) is 2. The maximum atomic E-state index is 4.36. The molecule has 0 atom stereocenters. The SMILES string of the molecule is C=C1C=C(C)N=C2C=CC=CN12. The van der Waals surface area contributed by atoms with Crippen LogP contribution < -0.4 is 0 Å². The van der Waals surface area contributed by atoms with Gasteiger partial charge in [0.2, 0.25) is 0 Å². The van der Waals surface area contributed by atoms with Crippen molar-refractivity contribution in [3.8, 4) is 0 Å². The molecular formula is C10H10N2. The molecule has 2 aliphatic rings. The standard InChI is InChI=1S/C10H10N2/c1-8-7-9(2)12-6-4-3-5-10(12)11-8/h3-7H,2H2,1H3. The molecule has 0 bridgehead atoms. The summed E-state index contributed by atoms with van der Waals surface area (Å²) < 4.78 is 0. The van der Waals surface area contributed by atoms with Crippen molar-refractivity contribution in [1.82, 2.24) is 4.90 Å². The maximum absolute atomic E-state index is 4.36. The molecule has 2 nitrogen and oxygen atoms in total. The number of fused-ring (bicyclic) bond motifs is 1. The minimum atomic E-state index is 0.947. The lowest BCUT2D eigenvalue weighted by Gasteiger charge is -2.25. The number of aliphatic imine (C=N–C) groups is 1. The molecule has 0 aromatic rings. The van der Waals surface area contributed by atoms with Crippen LogP contribution in [0.2, 0.25) is 0 Å². The third-order valence-electron chi connectivity index (χ3n) is 1.81. The summed E-state index contributed by atoms with van der Waals surface area (Å²) in [5, 5.41) is 0. The van der Waals surface area contributed by atoms with E-state index in [2.05, 4.69) is 11.6 Å². The van der Waals surface area contributed by atoms with Gasteiger partial charge in [-0.2, -0.15) is 0 Å². The Balaban J connectivity index is 2.45. The molecule has 2 heteroatoms. The van der Waals surface area contributed by atoms with Crippen LogP contribution in [0.1, 0.15) is 6.92 Å². The van der Waals surface area contributed by atoms with Crippen LogP contribution in [0.3, 0.4) is 0 Å². The molecule has 0 radical (unpaired) electrons. The van der Waals surface area contributed by atoms with E-state index in [0.29, 0.717) is 0 Å². The first-order chi connectivity index (χ1) is 5.77. The Bertz CT molecular complexity index is 343. The average Bonchev–Trinajstić information content (AvgIpc) is 2.04. The van der Waals surface area contributed by atoms with Crippen LogP contribution in [0.25, 0.3) is 0 Å². The van der Waals surface area contributed by atoms with Gasteiger partial charge in [-0.15, -0.1) is 0 Å². The predicted molar refractivity (Wildman–Crippen MR) is 50.5 cm³/mol. The summed E-state index contributed by atoms with van der Waals surface area (Å²) in [5.74, 6) is 0.947. The molecule has 0 aromatic carbocycles. The van der Waals surface area contributed by atoms with E-state index >= 15 is 0 Å². The lowest BCUT2D eigenvalue weighted by molar-refractivity contribution is 0.701. The van der Waals surface area contributed by atoms with Crippen LogP contribution in [0.5, 0.6) is 0 Å². The first-order valence-corrected chi connectivity index (χ1v) is 3.87. The number of hydrogen-bond donors (Lipinski definition) is 0. The van der Waals surface area contributed by atoms with Crippen molar-refractivity contribution in [1.29, 1.82) is 0 Å². The monoisotopic (exact) mass is 158 g/mol. The normalized spacial score (nSPS) is 20.4. The van der Waals surface area contributed by atoms with Crippen molar-refractivity contribution in [2.75, 3.05) is 0 Å². The van der Waals surface area contributed by atoms with Gasteiger partial charge >= 0.3 is 0 Å². The quantitative estimate of drug-likeness (QED) is 0.527. The molecular weight excluding hydrogens is 148 g/mol. The maximum Gasteiger partial charge on any atom is 0.137 e. The Morgan fingerprint density at radius 1 is 1.42 bits per heavy atom. The summed E-state index contributed by atoms with van der Waals surface area (Å²) in [5.41, 5.74) is 1.98. The van der Waals surface area contributed by atoms with Gasteiger partial charge in [0.15, 0.2) is 0 Å². The molecule has 0 saturated heterocycles.